The zero-order valence-electron chi connectivity index (χ0n) is 9.36. The smallest absolute Gasteiger partial charge is 0.352 e. The van der Waals surface area contributed by atoms with Crippen molar-refractivity contribution in [3.8, 4) is 0 Å². The van der Waals surface area contributed by atoms with Crippen molar-refractivity contribution in [2.24, 2.45) is 0 Å². The molecule has 15 heavy (non-hydrogen) atoms. The molecule has 1 aromatic rings. The van der Waals surface area contributed by atoms with E-state index >= 15 is 0 Å². The summed E-state index contributed by atoms with van der Waals surface area (Å²) in [6.45, 7) is 6.99. The third-order valence-corrected chi connectivity index (χ3v) is 1.92. The summed E-state index contributed by atoms with van der Waals surface area (Å²) in [6, 6.07) is 3.31. The van der Waals surface area contributed by atoms with Gasteiger partial charge in [-0.3, -0.25) is 0 Å². The standard InChI is InChI=1S/C11H17NO3/c1-11(2,3)15-8-7-12-6-4-5-9(12)10(13)14/h4-6H,7-8H2,1-3H3,(H,13,14). The van der Waals surface area contributed by atoms with E-state index in [1.807, 2.05) is 20.8 Å². The summed E-state index contributed by atoms with van der Waals surface area (Å²) in [6.07, 6.45) is 1.75. The molecule has 0 amide bonds. The lowest BCUT2D eigenvalue weighted by atomic mass is 10.2. The van der Waals surface area contributed by atoms with Gasteiger partial charge in [-0.2, -0.15) is 0 Å². The normalized spacial score (nSPS) is 11.7. The molecule has 1 N–H and O–H groups in total. The first kappa shape index (κ1) is 11.8. The van der Waals surface area contributed by atoms with Crippen LogP contribution in [0.4, 0.5) is 0 Å². The number of hydrogen-bond donors (Lipinski definition) is 1. The van der Waals surface area contributed by atoms with E-state index in [0.29, 0.717) is 18.8 Å². The summed E-state index contributed by atoms with van der Waals surface area (Å²) in [7, 11) is 0. The highest BCUT2D eigenvalue weighted by Gasteiger charge is 2.11. The van der Waals surface area contributed by atoms with Gasteiger partial charge in [-0.05, 0) is 32.9 Å². The van der Waals surface area contributed by atoms with Crippen molar-refractivity contribution in [1.82, 2.24) is 4.57 Å². The Morgan fingerprint density at radius 2 is 2.20 bits per heavy atom. The Morgan fingerprint density at radius 3 is 2.73 bits per heavy atom. The maximum atomic E-state index is 10.8. The third-order valence-electron chi connectivity index (χ3n) is 1.92. The van der Waals surface area contributed by atoms with Gasteiger partial charge in [0, 0.05) is 12.7 Å². The summed E-state index contributed by atoms with van der Waals surface area (Å²) in [4.78, 5) is 10.8. The van der Waals surface area contributed by atoms with Crippen LogP contribution in [0.15, 0.2) is 18.3 Å². The molecule has 4 nitrogen and oxygen atoms in total. The van der Waals surface area contributed by atoms with Crippen LogP contribution in [0.3, 0.4) is 0 Å². The van der Waals surface area contributed by atoms with Gasteiger partial charge in [-0.1, -0.05) is 0 Å². The summed E-state index contributed by atoms with van der Waals surface area (Å²) in [5.41, 5.74) is 0.115. The van der Waals surface area contributed by atoms with Crippen molar-refractivity contribution < 1.29 is 14.6 Å². The van der Waals surface area contributed by atoms with Gasteiger partial charge in [-0.25, -0.2) is 4.79 Å². The molecule has 0 bridgehead atoms. The molecule has 0 fully saturated rings. The van der Waals surface area contributed by atoms with Gasteiger partial charge in [0.1, 0.15) is 5.69 Å². The number of carboxylic acids is 1. The minimum atomic E-state index is -0.907. The van der Waals surface area contributed by atoms with Crippen LogP contribution in [0.5, 0.6) is 0 Å². The van der Waals surface area contributed by atoms with Crippen LogP contribution < -0.4 is 0 Å². The zero-order chi connectivity index (χ0) is 11.5. The molecule has 0 aromatic carbocycles. The van der Waals surface area contributed by atoms with Gasteiger partial charge in [0.25, 0.3) is 0 Å². The number of carbonyl (C=O) groups is 1. The lowest BCUT2D eigenvalue weighted by Gasteiger charge is -2.19. The quantitative estimate of drug-likeness (QED) is 0.828. The summed E-state index contributed by atoms with van der Waals surface area (Å²) in [5.74, 6) is -0.907. The number of aromatic nitrogens is 1. The highest BCUT2D eigenvalue weighted by atomic mass is 16.5. The second-order valence-electron chi connectivity index (χ2n) is 4.35. The summed E-state index contributed by atoms with van der Waals surface area (Å²) < 4.78 is 7.20. The van der Waals surface area contributed by atoms with Crippen LogP contribution >= 0.6 is 0 Å². The van der Waals surface area contributed by atoms with Gasteiger partial charge in [0.05, 0.1) is 12.2 Å². The molecule has 0 saturated carbocycles. The second kappa shape index (κ2) is 4.49. The van der Waals surface area contributed by atoms with Crippen LogP contribution in [-0.4, -0.2) is 27.9 Å². The van der Waals surface area contributed by atoms with E-state index in [1.54, 1.807) is 22.9 Å². The first-order valence-electron chi connectivity index (χ1n) is 4.92. The predicted molar refractivity (Wildman–Crippen MR) is 57.1 cm³/mol. The van der Waals surface area contributed by atoms with Crippen LogP contribution in [-0.2, 0) is 11.3 Å². The fourth-order valence-corrected chi connectivity index (χ4v) is 1.25. The van der Waals surface area contributed by atoms with Crippen LogP contribution in [0.1, 0.15) is 31.3 Å². The Labute approximate surface area is 89.5 Å². The van der Waals surface area contributed by atoms with Crippen molar-refractivity contribution in [3.05, 3.63) is 24.0 Å². The number of nitrogens with zero attached hydrogens (tertiary/aromatic N) is 1. The molecule has 0 unspecified atom stereocenters. The number of rotatable bonds is 4. The van der Waals surface area contributed by atoms with Gasteiger partial charge >= 0.3 is 5.97 Å². The number of hydrogen-bond acceptors (Lipinski definition) is 2. The van der Waals surface area contributed by atoms with Gasteiger partial charge in [-0.15, -0.1) is 0 Å². The largest absolute Gasteiger partial charge is 0.477 e. The lowest BCUT2D eigenvalue weighted by molar-refractivity contribution is -0.00702. The number of aromatic carboxylic acids is 1. The molecule has 1 aromatic heterocycles. The topological polar surface area (TPSA) is 51.5 Å². The van der Waals surface area contributed by atoms with E-state index in [-0.39, 0.29) is 5.60 Å². The van der Waals surface area contributed by atoms with Crippen molar-refractivity contribution in [2.75, 3.05) is 6.61 Å². The zero-order valence-corrected chi connectivity index (χ0v) is 9.36. The molecule has 4 heteroatoms. The molecule has 0 radical (unpaired) electrons. The van der Waals surface area contributed by atoms with Gasteiger partial charge in [0.15, 0.2) is 0 Å². The molecule has 1 heterocycles. The van der Waals surface area contributed by atoms with E-state index < -0.39 is 5.97 Å². The van der Waals surface area contributed by atoms with E-state index in [1.165, 1.54) is 0 Å². The molecule has 84 valence electrons. The minimum absolute atomic E-state index is 0.184. The Bertz CT molecular complexity index is 336. The molecule has 0 aliphatic carbocycles. The Kier molecular flexibility index (Phi) is 3.52. The second-order valence-corrected chi connectivity index (χ2v) is 4.35. The SMILES string of the molecule is CC(C)(C)OCCn1cccc1C(=O)O. The van der Waals surface area contributed by atoms with Crippen LogP contribution in [0.2, 0.25) is 0 Å². The first-order chi connectivity index (χ1) is 6.90. The fourth-order valence-electron chi connectivity index (χ4n) is 1.25. The van der Waals surface area contributed by atoms with E-state index in [2.05, 4.69) is 0 Å². The van der Waals surface area contributed by atoms with Crippen molar-refractivity contribution in [2.45, 2.75) is 32.9 Å². The lowest BCUT2D eigenvalue weighted by Crippen LogP contribution is -2.22. The van der Waals surface area contributed by atoms with Crippen LogP contribution in [0, 0.1) is 0 Å². The van der Waals surface area contributed by atoms with Crippen molar-refractivity contribution in [3.63, 3.8) is 0 Å². The monoisotopic (exact) mass is 211 g/mol. The summed E-state index contributed by atoms with van der Waals surface area (Å²) >= 11 is 0. The average Bonchev–Trinajstić information content (AvgIpc) is 2.49. The molecular formula is C11H17NO3. The Hall–Kier alpha value is -1.29. The highest BCUT2D eigenvalue weighted by molar-refractivity contribution is 5.85. The van der Waals surface area contributed by atoms with Gasteiger partial charge < -0.3 is 14.4 Å². The Balaban J connectivity index is 2.51. The minimum Gasteiger partial charge on any atom is -0.477 e. The Morgan fingerprint density at radius 1 is 1.53 bits per heavy atom. The van der Waals surface area contributed by atoms with E-state index in [9.17, 15) is 4.79 Å². The first-order valence-corrected chi connectivity index (χ1v) is 4.92. The maximum absolute atomic E-state index is 10.8. The highest BCUT2D eigenvalue weighted by Crippen LogP contribution is 2.08. The molecule has 0 atom stereocenters. The molecular weight excluding hydrogens is 194 g/mol. The average molecular weight is 211 g/mol. The number of carboxylic acid groups (broad SMARTS) is 1. The van der Waals surface area contributed by atoms with Crippen molar-refractivity contribution >= 4 is 5.97 Å². The molecule has 1 rings (SSSR count). The maximum Gasteiger partial charge on any atom is 0.352 e. The predicted octanol–water partition coefficient (Wildman–Crippen LogP) is 2.00. The van der Waals surface area contributed by atoms with Crippen LogP contribution in [0.25, 0.3) is 0 Å². The van der Waals surface area contributed by atoms with E-state index in [4.69, 9.17) is 9.84 Å². The molecule has 0 aliphatic heterocycles. The molecule has 0 aliphatic rings. The number of ether oxygens (including phenoxy) is 1. The van der Waals surface area contributed by atoms with Gasteiger partial charge in [0.2, 0.25) is 0 Å². The fraction of sp³-hybridized carbons (Fsp3) is 0.545. The van der Waals surface area contributed by atoms with Crippen molar-refractivity contribution in [1.29, 1.82) is 0 Å². The molecule has 0 spiro atoms. The summed E-state index contributed by atoms with van der Waals surface area (Å²) in [5, 5.41) is 8.85. The molecule has 0 saturated heterocycles. The van der Waals surface area contributed by atoms with E-state index in [0.717, 1.165) is 0 Å². The third kappa shape index (κ3) is 3.75.